The quantitative estimate of drug-likeness (QED) is 0.661. The van der Waals surface area contributed by atoms with Crippen LogP contribution >= 0.6 is 11.8 Å². The van der Waals surface area contributed by atoms with Gasteiger partial charge in [0.15, 0.2) is 0 Å². The van der Waals surface area contributed by atoms with E-state index in [0.717, 1.165) is 11.8 Å². The molecule has 0 atom stereocenters. The van der Waals surface area contributed by atoms with E-state index in [2.05, 4.69) is 0 Å². The number of urea groups is 1. The molecule has 0 saturated carbocycles. The van der Waals surface area contributed by atoms with Crippen LogP contribution < -0.4 is 11.1 Å². The second-order valence-corrected chi connectivity index (χ2v) is 3.69. The van der Waals surface area contributed by atoms with E-state index in [4.69, 9.17) is 5.73 Å². The molecule has 0 spiro atoms. The highest BCUT2D eigenvalue weighted by Crippen LogP contribution is 2.27. The van der Waals surface area contributed by atoms with Crippen molar-refractivity contribution in [3.63, 3.8) is 0 Å². The number of hydrogen-bond donors (Lipinski definition) is 3. The highest BCUT2D eigenvalue weighted by Gasteiger charge is 2.06. The molecule has 0 radical (unpaired) electrons. The number of amides is 3. The summed E-state index contributed by atoms with van der Waals surface area (Å²) in [5.74, 6) is -0.356. The number of nitrogens with two attached hydrogens (primary N) is 1. The van der Waals surface area contributed by atoms with Crippen molar-refractivity contribution in [2.45, 2.75) is 4.90 Å². The Kier molecular flexibility index (Phi) is 3.99. The van der Waals surface area contributed by atoms with Crippen molar-refractivity contribution in [2.75, 3.05) is 5.75 Å². The molecular weight excluding hydrogens is 216 g/mol. The first-order valence-corrected chi connectivity index (χ1v) is 5.08. The molecule has 5 nitrogen and oxygen atoms in total. The van der Waals surface area contributed by atoms with Gasteiger partial charge in [0, 0.05) is 4.90 Å². The minimum absolute atomic E-state index is 0.0283. The van der Waals surface area contributed by atoms with E-state index in [9.17, 15) is 14.7 Å². The number of imide groups is 1. The van der Waals surface area contributed by atoms with Crippen LogP contribution in [0.5, 0.6) is 5.75 Å². The minimum Gasteiger partial charge on any atom is -0.507 e. The summed E-state index contributed by atoms with van der Waals surface area (Å²) in [7, 11) is 0. The highest BCUT2D eigenvalue weighted by molar-refractivity contribution is 8.00. The largest absolute Gasteiger partial charge is 0.507 e. The van der Waals surface area contributed by atoms with Crippen LogP contribution in [0, 0.1) is 0 Å². The maximum absolute atomic E-state index is 11.0. The summed E-state index contributed by atoms with van der Waals surface area (Å²) in [4.78, 5) is 21.9. The molecule has 0 bridgehead atoms. The lowest BCUT2D eigenvalue weighted by Gasteiger charge is -2.03. The number of rotatable bonds is 3. The number of thioether (sulfide) groups is 1. The molecule has 3 amide bonds. The summed E-state index contributed by atoms with van der Waals surface area (Å²) < 4.78 is 0. The number of para-hydroxylation sites is 1. The van der Waals surface area contributed by atoms with E-state index >= 15 is 0 Å². The van der Waals surface area contributed by atoms with Crippen LogP contribution in [0.1, 0.15) is 0 Å². The van der Waals surface area contributed by atoms with Crippen LogP contribution in [0.4, 0.5) is 4.79 Å². The number of phenolic OH excluding ortho intramolecular Hbond substituents is 1. The van der Waals surface area contributed by atoms with Gasteiger partial charge in [0.25, 0.3) is 0 Å². The summed E-state index contributed by atoms with van der Waals surface area (Å²) in [6.07, 6.45) is 0. The van der Waals surface area contributed by atoms with Gasteiger partial charge < -0.3 is 10.8 Å². The van der Waals surface area contributed by atoms with E-state index in [1.807, 2.05) is 5.32 Å². The van der Waals surface area contributed by atoms with Crippen molar-refractivity contribution >= 4 is 23.7 Å². The molecule has 0 fully saturated rings. The first-order valence-electron chi connectivity index (χ1n) is 4.09. The number of hydrogen-bond acceptors (Lipinski definition) is 4. The van der Waals surface area contributed by atoms with Crippen LogP contribution in [-0.2, 0) is 4.79 Å². The normalized spacial score (nSPS) is 9.60. The monoisotopic (exact) mass is 226 g/mol. The molecule has 0 unspecified atom stereocenters. The average molecular weight is 226 g/mol. The summed E-state index contributed by atoms with van der Waals surface area (Å²) in [5.41, 5.74) is 4.76. The second-order valence-electron chi connectivity index (χ2n) is 2.67. The van der Waals surface area contributed by atoms with Crippen molar-refractivity contribution in [2.24, 2.45) is 5.73 Å². The average Bonchev–Trinajstić information content (AvgIpc) is 2.15. The van der Waals surface area contributed by atoms with Crippen molar-refractivity contribution < 1.29 is 14.7 Å². The molecule has 1 aromatic carbocycles. The third kappa shape index (κ3) is 3.90. The molecule has 0 aliphatic rings. The first kappa shape index (κ1) is 11.4. The van der Waals surface area contributed by atoms with Gasteiger partial charge in [-0.25, -0.2) is 4.79 Å². The summed E-state index contributed by atoms with van der Waals surface area (Å²) in [6.45, 7) is 0. The van der Waals surface area contributed by atoms with Gasteiger partial charge in [-0.3, -0.25) is 10.1 Å². The predicted molar refractivity (Wildman–Crippen MR) is 56.6 cm³/mol. The minimum atomic E-state index is -0.877. The van der Waals surface area contributed by atoms with E-state index in [1.54, 1.807) is 18.2 Å². The lowest BCUT2D eigenvalue weighted by atomic mass is 10.3. The molecule has 15 heavy (non-hydrogen) atoms. The molecular formula is C9H10N2O3S. The van der Waals surface area contributed by atoms with E-state index in [0.29, 0.717) is 4.90 Å². The molecule has 1 rings (SSSR count). The van der Waals surface area contributed by atoms with Gasteiger partial charge in [-0.2, -0.15) is 0 Å². The van der Waals surface area contributed by atoms with Crippen molar-refractivity contribution in [1.29, 1.82) is 0 Å². The first-order chi connectivity index (χ1) is 7.09. The second kappa shape index (κ2) is 5.26. The lowest BCUT2D eigenvalue weighted by Crippen LogP contribution is -2.36. The van der Waals surface area contributed by atoms with Gasteiger partial charge >= 0.3 is 6.03 Å². The summed E-state index contributed by atoms with van der Waals surface area (Å²) in [6, 6.07) is 5.75. The number of carbonyl (C=O) groups is 2. The molecule has 0 aliphatic carbocycles. The van der Waals surface area contributed by atoms with Gasteiger partial charge in [-0.05, 0) is 12.1 Å². The predicted octanol–water partition coefficient (Wildman–Crippen LogP) is 0.679. The third-order valence-corrected chi connectivity index (χ3v) is 2.55. The maximum atomic E-state index is 11.0. The van der Waals surface area contributed by atoms with E-state index < -0.39 is 11.9 Å². The molecule has 6 heteroatoms. The van der Waals surface area contributed by atoms with Gasteiger partial charge in [0.1, 0.15) is 5.75 Å². The van der Waals surface area contributed by atoms with Crippen molar-refractivity contribution in [3.8, 4) is 5.75 Å². The Balaban J connectivity index is 2.47. The van der Waals surface area contributed by atoms with Crippen LogP contribution in [0.3, 0.4) is 0 Å². The molecule has 0 aliphatic heterocycles. The highest BCUT2D eigenvalue weighted by atomic mass is 32.2. The van der Waals surface area contributed by atoms with Gasteiger partial charge in [-0.1, -0.05) is 12.1 Å². The summed E-state index contributed by atoms with van der Waals surface area (Å²) >= 11 is 1.13. The molecule has 1 aromatic rings. The fraction of sp³-hybridized carbons (Fsp3) is 0.111. The zero-order valence-corrected chi connectivity index (χ0v) is 8.58. The van der Waals surface area contributed by atoms with Crippen LogP contribution in [0.2, 0.25) is 0 Å². The Morgan fingerprint density at radius 1 is 1.40 bits per heavy atom. The maximum Gasteiger partial charge on any atom is 0.318 e. The van der Waals surface area contributed by atoms with Gasteiger partial charge in [0.2, 0.25) is 5.91 Å². The molecule has 0 aromatic heterocycles. The fourth-order valence-corrected chi connectivity index (χ4v) is 1.65. The zero-order chi connectivity index (χ0) is 11.3. The molecule has 0 heterocycles. The number of phenols is 1. The standard InChI is InChI=1S/C9H10N2O3S/c10-9(14)11-8(13)5-15-7-4-2-1-3-6(7)12/h1-4,12H,5H2,(H3,10,11,13,14). The van der Waals surface area contributed by atoms with Crippen LogP contribution in [0.25, 0.3) is 0 Å². The topological polar surface area (TPSA) is 92.4 Å². The van der Waals surface area contributed by atoms with Crippen LogP contribution in [-0.4, -0.2) is 22.8 Å². The summed E-state index contributed by atoms with van der Waals surface area (Å²) in [5, 5.41) is 11.3. The SMILES string of the molecule is NC(=O)NC(=O)CSc1ccccc1O. The van der Waals surface area contributed by atoms with Gasteiger partial charge in [0.05, 0.1) is 5.75 Å². The third-order valence-electron chi connectivity index (χ3n) is 1.49. The van der Waals surface area contributed by atoms with Crippen molar-refractivity contribution in [3.05, 3.63) is 24.3 Å². The Morgan fingerprint density at radius 3 is 2.67 bits per heavy atom. The molecule has 80 valence electrons. The Bertz CT molecular complexity index is 381. The number of benzene rings is 1. The fourth-order valence-electron chi connectivity index (χ4n) is 0.896. The number of primary amides is 1. The number of aromatic hydroxyl groups is 1. The smallest absolute Gasteiger partial charge is 0.318 e. The van der Waals surface area contributed by atoms with E-state index in [-0.39, 0.29) is 11.5 Å². The van der Waals surface area contributed by atoms with Crippen molar-refractivity contribution in [1.82, 2.24) is 5.32 Å². The molecule has 4 N–H and O–H groups in total. The lowest BCUT2D eigenvalue weighted by molar-refractivity contribution is -0.117. The Morgan fingerprint density at radius 2 is 2.07 bits per heavy atom. The van der Waals surface area contributed by atoms with E-state index in [1.165, 1.54) is 6.07 Å². The van der Waals surface area contributed by atoms with Crippen LogP contribution in [0.15, 0.2) is 29.2 Å². The van der Waals surface area contributed by atoms with Gasteiger partial charge in [-0.15, -0.1) is 11.8 Å². The Hall–Kier alpha value is -1.69. The molecule has 0 saturated heterocycles. The Labute approximate surface area is 90.7 Å². The number of carbonyl (C=O) groups excluding carboxylic acids is 2. The zero-order valence-electron chi connectivity index (χ0n) is 7.77. The number of nitrogens with one attached hydrogen (secondary N) is 1.